The Hall–Kier alpha value is -3.12. The van der Waals surface area contributed by atoms with E-state index in [1.807, 2.05) is 91.0 Å². The fourth-order valence-electron chi connectivity index (χ4n) is 4.89. The monoisotopic (exact) mass is 578 g/mol. The molecule has 0 saturated carbocycles. The Morgan fingerprint density at radius 1 is 0.595 bits per heavy atom. The third kappa shape index (κ3) is 8.25. The minimum Gasteiger partial charge on any atom is -0.493 e. The fraction of sp³-hybridized carbons (Fsp3) is 0.394. The Morgan fingerprint density at radius 2 is 1.12 bits per heavy atom. The fourth-order valence-corrected chi connectivity index (χ4v) is 4.89. The molecule has 1 fully saturated rings. The summed E-state index contributed by atoms with van der Waals surface area (Å²) >= 11 is 0. The van der Waals surface area contributed by atoms with Gasteiger partial charge in [-0.3, -0.25) is 0 Å². The molecule has 0 radical (unpaired) electrons. The Morgan fingerprint density at radius 3 is 1.69 bits per heavy atom. The van der Waals surface area contributed by atoms with E-state index in [0.717, 1.165) is 16.7 Å². The van der Waals surface area contributed by atoms with Crippen LogP contribution in [0.1, 0.15) is 16.7 Å². The molecule has 5 rings (SSSR count). The van der Waals surface area contributed by atoms with E-state index in [0.29, 0.717) is 19.8 Å². The van der Waals surface area contributed by atoms with Gasteiger partial charge in [0.25, 0.3) is 0 Å². The van der Waals surface area contributed by atoms with Crippen molar-refractivity contribution < 1.29 is 43.7 Å². The third-order valence-corrected chi connectivity index (χ3v) is 7.24. The van der Waals surface area contributed by atoms with Gasteiger partial charge in [0.2, 0.25) is 0 Å². The molecule has 0 bridgehead atoms. The topological polar surface area (TPSA) is 116 Å². The lowest BCUT2D eigenvalue weighted by atomic mass is 9.98. The highest BCUT2D eigenvalue weighted by molar-refractivity contribution is 5.15. The van der Waals surface area contributed by atoms with Crippen molar-refractivity contribution in [1.29, 1.82) is 0 Å². The normalized spacial score (nSPS) is 29.2. The molecule has 0 spiro atoms. The molecular formula is C33H38O9. The van der Waals surface area contributed by atoms with E-state index in [-0.39, 0.29) is 13.2 Å². The van der Waals surface area contributed by atoms with Crippen molar-refractivity contribution in [2.24, 2.45) is 0 Å². The van der Waals surface area contributed by atoms with E-state index in [9.17, 15) is 15.3 Å². The van der Waals surface area contributed by atoms with Crippen LogP contribution in [0.4, 0.5) is 0 Å². The zero-order valence-corrected chi connectivity index (χ0v) is 23.3. The first kappa shape index (κ1) is 30.3. The van der Waals surface area contributed by atoms with Gasteiger partial charge in [-0.05, 0) is 22.8 Å². The lowest BCUT2D eigenvalue weighted by molar-refractivity contribution is -0.327. The SMILES string of the molecule is OC1C(O)[C@@H](O)C(COCc2ccccc2)O[C@H]1O[C@H]1C(OCc2ccccc2)C=COC1COCc1ccccc1. The molecule has 0 aromatic heterocycles. The van der Waals surface area contributed by atoms with Gasteiger partial charge >= 0.3 is 0 Å². The van der Waals surface area contributed by atoms with E-state index in [1.165, 1.54) is 0 Å². The summed E-state index contributed by atoms with van der Waals surface area (Å²) in [6, 6.07) is 29.1. The quantitative estimate of drug-likeness (QED) is 0.281. The van der Waals surface area contributed by atoms with Gasteiger partial charge in [0.05, 0.1) is 39.3 Å². The highest BCUT2D eigenvalue weighted by Gasteiger charge is 2.47. The van der Waals surface area contributed by atoms with E-state index < -0.39 is 49.0 Å². The van der Waals surface area contributed by atoms with Crippen LogP contribution in [-0.2, 0) is 48.2 Å². The van der Waals surface area contributed by atoms with Crippen LogP contribution in [0.15, 0.2) is 103 Å². The molecule has 224 valence electrons. The summed E-state index contributed by atoms with van der Waals surface area (Å²) in [5.74, 6) is 0. The number of benzene rings is 3. The van der Waals surface area contributed by atoms with Crippen LogP contribution in [0.2, 0.25) is 0 Å². The predicted molar refractivity (Wildman–Crippen MR) is 153 cm³/mol. The first-order valence-corrected chi connectivity index (χ1v) is 14.1. The second kappa shape index (κ2) is 15.4. The predicted octanol–water partition coefficient (Wildman–Crippen LogP) is 3.11. The van der Waals surface area contributed by atoms with E-state index >= 15 is 0 Å². The van der Waals surface area contributed by atoms with Gasteiger partial charge in [0.15, 0.2) is 12.4 Å². The standard InChI is InChI=1S/C33H38O9/c34-29-27(21-37-18-23-10-4-1-5-11-23)41-33(31(36)30(29)35)42-32-26(40-20-25-14-8-3-9-15-25)16-17-39-28(32)22-38-19-24-12-6-2-7-13-24/h1-17,26-36H,18-22H2/t26?,27?,28?,29-,30?,31?,32-,33-/m0/s1. The summed E-state index contributed by atoms with van der Waals surface area (Å²) in [5.41, 5.74) is 2.95. The molecule has 2 heterocycles. The maximum Gasteiger partial charge on any atom is 0.187 e. The number of rotatable bonds is 13. The van der Waals surface area contributed by atoms with Gasteiger partial charge < -0.3 is 43.7 Å². The third-order valence-electron chi connectivity index (χ3n) is 7.24. The van der Waals surface area contributed by atoms with Crippen molar-refractivity contribution in [1.82, 2.24) is 0 Å². The first-order chi connectivity index (χ1) is 20.6. The van der Waals surface area contributed by atoms with Crippen molar-refractivity contribution in [3.05, 3.63) is 120 Å². The van der Waals surface area contributed by atoms with Crippen molar-refractivity contribution >= 4 is 0 Å². The van der Waals surface area contributed by atoms with E-state index in [1.54, 1.807) is 12.3 Å². The zero-order valence-electron chi connectivity index (χ0n) is 23.3. The van der Waals surface area contributed by atoms with Gasteiger partial charge in [0.1, 0.15) is 36.6 Å². The Kier molecular flexibility index (Phi) is 11.1. The van der Waals surface area contributed by atoms with Crippen molar-refractivity contribution in [3.8, 4) is 0 Å². The lowest BCUT2D eigenvalue weighted by Gasteiger charge is -2.43. The first-order valence-electron chi connectivity index (χ1n) is 14.1. The Balaban J connectivity index is 1.26. The molecule has 2 aliphatic rings. The molecule has 9 nitrogen and oxygen atoms in total. The highest BCUT2D eigenvalue weighted by Crippen LogP contribution is 2.28. The van der Waals surface area contributed by atoms with Gasteiger partial charge in [-0.1, -0.05) is 91.0 Å². The van der Waals surface area contributed by atoms with Crippen LogP contribution < -0.4 is 0 Å². The summed E-state index contributed by atoms with van der Waals surface area (Å²) in [4.78, 5) is 0. The van der Waals surface area contributed by atoms with E-state index in [2.05, 4.69) is 0 Å². The molecule has 1 saturated heterocycles. The van der Waals surface area contributed by atoms with Crippen molar-refractivity contribution in [3.63, 3.8) is 0 Å². The molecule has 9 heteroatoms. The molecular weight excluding hydrogens is 540 g/mol. The summed E-state index contributed by atoms with van der Waals surface area (Å²) in [7, 11) is 0. The average molecular weight is 579 g/mol. The van der Waals surface area contributed by atoms with Crippen LogP contribution in [0.5, 0.6) is 0 Å². The summed E-state index contributed by atoms with van der Waals surface area (Å²) < 4.78 is 36.1. The molecule has 3 aromatic rings. The number of hydrogen-bond acceptors (Lipinski definition) is 9. The zero-order chi connectivity index (χ0) is 29.1. The number of aliphatic hydroxyl groups is 3. The largest absolute Gasteiger partial charge is 0.493 e. The highest BCUT2D eigenvalue weighted by atomic mass is 16.7. The van der Waals surface area contributed by atoms with Gasteiger partial charge in [-0.2, -0.15) is 0 Å². The second-order valence-electron chi connectivity index (χ2n) is 10.4. The average Bonchev–Trinajstić information content (AvgIpc) is 3.03. The molecule has 5 unspecified atom stereocenters. The van der Waals surface area contributed by atoms with Crippen LogP contribution in [0.25, 0.3) is 0 Å². The Bertz CT molecular complexity index is 1210. The lowest BCUT2D eigenvalue weighted by Crippen LogP contribution is -2.61. The molecule has 0 aliphatic carbocycles. The van der Waals surface area contributed by atoms with Crippen molar-refractivity contribution in [2.75, 3.05) is 13.2 Å². The maximum atomic E-state index is 10.8. The molecule has 8 atom stereocenters. The number of aliphatic hydroxyl groups excluding tert-OH is 3. The van der Waals surface area contributed by atoms with Crippen LogP contribution >= 0.6 is 0 Å². The summed E-state index contributed by atoms with van der Waals surface area (Å²) in [6.45, 7) is 1.15. The minimum absolute atomic E-state index is 0.0156. The maximum absolute atomic E-state index is 10.8. The van der Waals surface area contributed by atoms with Gasteiger partial charge in [-0.15, -0.1) is 0 Å². The summed E-state index contributed by atoms with van der Waals surface area (Å²) in [5, 5.41) is 32.1. The molecule has 0 amide bonds. The van der Waals surface area contributed by atoms with Crippen LogP contribution in [0.3, 0.4) is 0 Å². The summed E-state index contributed by atoms with van der Waals surface area (Å²) in [6.07, 6.45) is -5.25. The van der Waals surface area contributed by atoms with Crippen molar-refractivity contribution in [2.45, 2.75) is 68.8 Å². The molecule has 42 heavy (non-hydrogen) atoms. The van der Waals surface area contributed by atoms with E-state index in [4.69, 9.17) is 28.4 Å². The Labute approximate surface area is 245 Å². The van der Waals surface area contributed by atoms with Gasteiger partial charge in [-0.25, -0.2) is 0 Å². The number of hydrogen-bond donors (Lipinski definition) is 3. The smallest absolute Gasteiger partial charge is 0.187 e. The molecule has 2 aliphatic heterocycles. The van der Waals surface area contributed by atoms with Crippen LogP contribution in [-0.4, -0.2) is 77.6 Å². The number of ether oxygens (including phenoxy) is 6. The minimum atomic E-state index is -1.52. The van der Waals surface area contributed by atoms with Crippen LogP contribution in [0, 0.1) is 0 Å². The van der Waals surface area contributed by atoms with Gasteiger partial charge in [0, 0.05) is 0 Å². The molecule has 3 aromatic carbocycles. The molecule has 3 N–H and O–H groups in total. The second-order valence-corrected chi connectivity index (χ2v) is 10.4.